The number of carbonyl (C=O) groups excluding carboxylic acids is 1. The number of H-pyrrole nitrogens is 1. The van der Waals surface area contributed by atoms with Crippen molar-refractivity contribution in [2.45, 2.75) is 13.0 Å². The zero-order chi connectivity index (χ0) is 13.9. The number of aromatic nitrogens is 2. The highest BCUT2D eigenvalue weighted by Gasteiger charge is 2.27. The maximum Gasteiger partial charge on any atom is 0.254 e. The highest BCUT2D eigenvalue weighted by Crippen LogP contribution is 2.21. The summed E-state index contributed by atoms with van der Waals surface area (Å²) in [5, 5.41) is 0. The molecule has 1 atom stereocenters. The highest BCUT2D eigenvalue weighted by molar-refractivity contribution is 5.94. The summed E-state index contributed by atoms with van der Waals surface area (Å²) in [5.41, 5.74) is 1.71. The van der Waals surface area contributed by atoms with Crippen LogP contribution in [0.5, 0.6) is 0 Å². The first-order valence-corrected chi connectivity index (χ1v) is 6.71. The second kappa shape index (κ2) is 5.46. The van der Waals surface area contributed by atoms with E-state index in [0.29, 0.717) is 25.3 Å². The van der Waals surface area contributed by atoms with Crippen LogP contribution in [0, 0.1) is 6.92 Å². The number of hydrogen-bond acceptors (Lipinski definition) is 3. The first-order chi connectivity index (χ1) is 9.74. The van der Waals surface area contributed by atoms with Crippen LogP contribution in [0.4, 0.5) is 0 Å². The van der Waals surface area contributed by atoms with E-state index in [2.05, 4.69) is 9.97 Å². The smallest absolute Gasteiger partial charge is 0.254 e. The molecule has 1 saturated heterocycles. The maximum absolute atomic E-state index is 12.4. The van der Waals surface area contributed by atoms with Crippen molar-refractivity contribution >= 4 is 5.91 Å². The van der Waals surface area contributed by atoms with Gasteiger partial charge in [0, 0.05) is 24.0 Å². The van der Waals surface area contributed by atoms with Gasteiger partial charge in [0.05, 0.1) is 13.2 Å². The van der Waals surface area contributed by atoms with E-state index in [0.717, 1.165) is 11.5 Å². The van der Waals surface area contributed by atoms with Crippen LogP contribution < -0.4 is 0 Å². The van der Waals surface area contributed by atoms with Crippen LogP contribution >= 0.6 is 0 Å². The number of rotatable bonds is 2. The molecular formula is C15H17N3O2. The molecule has 5 heteroatoms. The van der Waals surface area contributed by atoms with E-state index >= 15 is 0 Å². The van der Waals surface area contributed by atoms with Crippen molar-refractivity contribution in [2.24, 2.45) is 0 Å². The summed E-state index contributed by atoms with van der Waals surface area (Å²) in [7, 11) is 0. The van der Waals surface area contributed by atoms with Crippen LogP contribution in [-0.4, -0.2) is 40.5 Å². The normalized spacial score (nSPS) is 19.1. The molecule has 1 fully saturated rings. The number of aryl methyl sites for hydroxylation is 1. The fourth-order valence-corrected chi connectivity index (χ4v) is 2.36. The summed E-state index contributed by atoms with van der Waals surface area (Å²) in [6.07, 6.45) is 1.60. The number of morpholine rings is 1. The quantitative estimate of drug-likeness (QED) is 0.908. The van der Waals surface area contributed by atoms with Gasteiger partial charge in [-0.3, -0.25) is 4.79 Å². The van der Waals surface area contributed by atoms with Gasteiger partial charge in [-0.05, 0) is 19.1 Å². The van der Waals surface area contributed by atoms with Crippen molar-refractivity contribution < 1.29 is 9.53 Å². The monoisotopic (exact) mass is 271 g/mol. The van der Waals surface area contributed by atoms with Gasteiger partial charge in [0.1, 0.15) is 11.9 Å². The van der Waals surface area contributed by atoms with Gasteiger partial charge in [0.15, 0.2) is 0 Å². The molecule has 2 aromatic rings. The topological polar surface area (TPSA) is 58.2 Å². The van der Waals surface area contributed by atoms with E-state index < -0.39 is 0 Å². The van der Waals surface area contributed by atoms with Gasteiger partial charge in [0.25, 0.3) is 5.91 Å². The molecule has 20 heavy (non-hydrogen) atoms. The van der Waals surface area contributed by atoms with Crippen molar-refractivity contribution in [3.8, 4) is 0 Å². The lowest BCUT2D eigenvalue weighted by atomic mass is 10.1. The molecule has 1 aromatic carbocycles. The second-order valence-electron chi connectivity index (χ2n) is 4.93. The summed E-state index contributed by atoms with van der Waals surface area (Å²) >= 11 is 0. The maximum atomic E-state index is 12.4. The van der Waals surface area contributed by atoms with E-state index in [4.69, 9.17) is 4.74 Å². The fraction of sp³-hybridized carbons (Fsp3) is 0.333. The van der Waals surface area contributed by atoms with Crippen LogP contribution in [0.2, 0.25) is 0 Å². The van der Waals surface area contributed by atoms with Gasteiger partial charge in [-0.15, -0.1) is 0 Å². The summed E-state index contributed by atoms with van der Waals surface area (Å²) in [5.74, 6) is 0.829. The first kappa shape index (κ1) is 12.9. The Morgan fingerprint density at radius 2 is 2.20 bits per heavy atom. The van der Waals surface area contributed by atoms with Crippen molar-refractivity contribution in [1.29, 1.82) is 0 Å². The van der Waals surface area contributed by atoms with Crippen LogP contribution in [0.1, 0.15) is 28.0 Å². The number of carbonyl (C=O) groups is 1. The summed E-state index contributed by atoms with van der Waals surface area (Å²) < 4.78 is 5.71. The predicted molar refractivity (Wildman–Crippen MR) is 74.4 cm³/mol. The molecule has 0 aliphatic carbocycles. The molecular weight excluding hydrogens is 254 g/mol. The number of nitrogens with zero attached hydrogens (tertiary/aromatic N) is 2. The van der Waals surface area contributed by atoms with Gasteiger partial charge in [0.2, 0.25) is 0 Å². The number of ether oxygens (including phenoxy) is 1. The number of amides is 1. The third-order valence-corrected chi connectivity index (χ3v) is 3.40. The standard InChI is InChI=1S/C15H17N3O2/c1-11-9-16-14(17-11)13-10-18(7-8-20-13)15(19)12-5-3-2-4-6-12/h2-6,9,13H,7-8,10H2,1H3,(H,16,17)/t13-/m1/s1. The molecule has 0 bridgehead atoms. The molecule has 0 spiro atoms. The molecule has 1 N–H and O–H groups in total. The highest BCUT2D eigenvalue weighted by atomic mass is 16.5. The average molecular weight is 271 g/mol. The Morgan fingerprint density at radius 3 is 2.90 bits per heavy atom. The van der Waals surface area contributed by atoms with E-state index in [1.807, 2.05) is 42.2 Å². The van der Waals surface area contributed by atoms with Gasteiger partial charge in [-0.1, -0.05) is 18.2 Å². The summed E-state index contributed by atoms with van der Waals surface area (Å²) in [6, 6.07) is 9.33. The second-order valence-corrected chi connectivity index (χ2v) is 4.93. The Bertz CT molecular complexity index is 594. The minimum absolute atomic E-state index is 0.0437. The zero-order valence-electron chi connectivity index (χ0n) is 11.4. The van der Waals surface area contributed by atoms with E-state index in [1.54, 1.807) is 6.20 Å². The molecule has 1 amide bonds. The Balaban J connectivity index is 1.74. The minimum atomic E-state index is -0.176. The Morgan fingerprint density at radius 1 is 1.40 bits per heavy atom. The van der Waals surface area contributed by atoms with Gasteiger partial charge in [-0.25, -0.2) is 4.98 Å². The lowest BCUT2D eigenvalue weighted by molar-refractivity contribution is -0.0264. The van der Waals surface area contributed by atoms with Crippen molar-refractivity contribution in [1.82, 2.24) is 14.9 Å². The number of aromatic amines is 1. The number of nitrogens with one attached hydrogen (secondary N) is 1. The average Bonchev–Trinajstić information content (AvgIpc) is 2.94. The Kier molecular flexibility index (Phi) is 3.52. The van der Waals surface area contributed by atoms with Crippen molar-refractivity contribution in [2.75, 3.05) is 19.7 Å². The zero-order valence-corrected chi connectivity index (χ0v) is 11.4. The van der Waals surface area contributed by atoms with E-state index in [1.165, 1.54) is 0 Å². The minimum Gasteiger partial charge on any atom is -0.367 e. The predicted octanol–water partition coefficient (Wildman–Crippen LogP) is 1.93. The third-order valence-electron chi connectivity index (χ3n) is 3.40. The van der Waals surface area contributed by atoms with Crippen LogP contribution in [0.25, 0.3) is 0 Å². The van der Waals surface area contributed by atoms with Gasteiger partial charge < -0.3 is 14.6 Å². The Hall–Kier alpha value is -2.14. The molecule has 2 heterocycles. The first-order valence-electron chi connectivity index (χ1n) is 6.71. The van der Waals surface area contributed by atoms with Gasteiger partial charge in [-0.2, -0.15) is 0 Å². The lowest BCUT2D eigenvalue weighted by Crippen LogP contribution is -2.42. The number of hydrogen-bond donors (Lipinski definition) is 1. The molecule has 0 saturated carbocycles. The third kappa shape index (κ3) is 2.58. The molecule has 0 radical (unpaired) electrons. The van der Waals surface area contributed by atoms with Gasteiger partial charge >= 0.3 is 0 Å². The SMILES string of the molecule is Cc1cnc([C@H]2CN(C(=O)c3ccccc3)CCO2)[nH]1. The molecule has 1 aliphatic heterocycles. The van der Waals surface area contributed by atoms with Crippen LogP contribution in [0.3, 0.4) is 0 Å². The van der Waals surface area contributed by atoms with E-state index in [9.17, 15) is 4.79 Å². The summed E-state index contributed by atoms with van der Waals surface area (Å²) in [6.45, 7) is 3.62. The summed E-state index contributed by atoms with van der Waals surface area (Å²) in [4.78, 5) is 21.7. The molecule has 3 rings (SSSR count). The largest absolute Gasteiger partial charge is 0.367 e. The molecule has 1 aliphatic rings. The van der Waals surface area contributed by atoms with Crippen LogP contribution in [0.15, 0.2) is 36.5 Å². The van der Waals surface area contributed by atoms with E-state index in [-0.39, 0.29) is 12.0 Å². The van der Waals surface area contributed by atoms with Crippen LogP contribution in [-0.2, 0) is 4.74 Å². The fourth-order valence-electron chi connectivity index (χ4n) is 2.36. The van der Waals surface area contributed by atoms with Crippen molar-refractivity contribution in [3.05, 3.63) is 53.6 Å². The lowest BCUT2D eigenvalue weighted by Gasteiger charge is -2.32. The number of benzene rings is 1. The molecule has 0 unspecified atom stereocenters. The molecule has 5 nitrogen and oxygen atoms in total. The number of imidazole rings is 1. The molecule has 104 valence electrons. The Labute approximate surface area is 117 Å². The molecule has 1 aromatic heterocycles. The van der Waals surface area contributed by atoms with Crippen molar-refractivity contribution in [3.63, 3.8) is 0 Å².